The van der Waals surface area contributed by atoms with Crippen LogP contribution >= 0.6 is 23.2 Å². The summed E-state index contributed by atoms with van der Waals surface area (Å²) in [6.45, 7) is 2.51. The number of halogens is 3. The summed E-state index contributed by atoms with van der Waals surface area (Å²) in [5.41, 5.74) is 0.991. The van der Waals surface area contributed by atoms with Gasteiger partial charge in [-0.05, 0) is 43.7 Å². The van der Waals surface area contributed by atoms with Gasteiger partial charge in [0.2, 0.25) is 5.91 Å². The van der Waals surface area contributed by atoms with Crippen LogP contribution in [0.4, 0.5) is 4.39 Å². The normalized spacial score (nSPS) is 12.0. The van der Waals surface area contributed by atoms with Crippen LogP contribution in [0.3, 0.4) is 0 Å². The van der Waals surface area contributed by atoms with E-state index in [9.17, 15) is 23.9 Å². The monoisotopic (exact) mass is 466 g/mol. The molecule has 2 aromatic carbocycles. The highest BCUT2D eigenvalue weighted by molar-refractivity contribution is 6.42. The van der Waals surface area contributed by atoms with Crippen LogP contribution in [-0.4, -0.2) is 39.1 Å². The Hall–Kier alpha value is -3.10. The van der Waals surface area contributed by atoms with Crippen LogP contribution in [0.25, 0.3) is 10.9 Å². The SMILES string of the molecule is Cc1c([C@@H](C)C(=O)NCC(=O)O)c2cc(O)c(F)cc2n1C(=O)c1ccc(Cl)c(Cl)c1. The third-order valence-corrected chi connectivity index (χ3v) is 5.67. The van der Waals surface area contributed by atoms with E-state index in [4.69, 9.17) is 28.3 Å². The lowest BCUT2D eigenvalue weighted by Gasteiger charge is -2.13. The second-order valence-corrected chi connectivity index (χ2v) is 7.74. The first-order chi connectivity index (χ1) is 14.5. The van der Waals surface area contributed by atoms with Crippen molar-refractivity contribution in [1.82, 2.24) is 9.88 Å². The number of nitrogens with zero attached hydrogens (tertiary/aromatic N) is 1. The molecule has 162 valence electrons. The maximum absolute atomic E-state index is 14.2. The van der Waals surface area contributed by atoms with Gasteiger partial charge in [-0.25, -0.2) is 4.39 Å². The fraction of sp³-hybridized carbons (Fsp3) is 0.190. The summed E-state index contributed by atoms with van der Waals surface area (Å²) < 4.78 is 15.4. The molecule has 3 N–H and O–H groups in total. The zero-order valence-electron chi connectivity index (χ0n) is 16.4. The first-order valence-corrected chi connectivity index (χ1v) is 9.81. The van der Waals surface area contributed by atoms with Crippen LogP contribution in [0, 0.1) is 12.7 Å². The fourth-order valence-corrected chi connectivity index (χ4v) is 3.76. The second kappa shape index (κ2) is 8.56. The van der Waals surface area contributed by atoms with E-state index in [1.165, 1.54) is 29.7 Å². The number of amides is 1. The molecule has 3 rings (SSSR count). The Labute approximate surface area is 186 Å². The molecule has 1 amide bonds. The molecule has 0 aliphatic heterocycles. The van der Waals surface area contributed by atoms with E-state index in [-0.39, 0.29) is 26.5 Å². The Kier molecular flexibility index (Phi) is 6.24. The molecule has 0 bridgehead atoms. The highest BCUT2D eigenvalue weighted by atomic mass is 35.5. The Morgan fingerprint density at radius 1 is 1.16 bits per heavy atom. The van der Waals surface area contributed by atoms with Crippen molar-refractivity contribution in [2.45, 2.75) is 19.8 Å². The van der Waals surface area contributed by atoms with E-state index in [0.717, 1.165) is 12.1 Å². The van der Waals surface area contributed by atoms with Crippen molar-refractivity contribution in [2.24, 2.45) is 0 Å². The van der Waals surface area contributed by atoms with E-state index in [0.29, 0.717) is 11.3 Å². The third kappa shape index (κ3) is 4.22. The first kappa shape index (κ1) is 22.6. The number of carboxylic acid groups (broad SMARTS) is 1. The lowest BCUT2D eigenvalue weighted by Crippen LogP contribution is -2.32. The number of carboxylic acids is 1. The highest BCUT2D eigenvalue weighted by Crippen LogP contribution is 2.36. The largest absolute Gasteiger partial charge is 0.505 e. The Morgan fingerprint density at radius 2 is 1.84 bits per heavy atom. The summed E-state index contributed by atoms with van der Waals surface area (Å²) in [5, 5.41) is 21.7. The zero-order chi connectivity index (χ0) is 23.0. The van der Waals surface area contributed by atoms with E-state index in [1.807, 2.05) is 0 Å². The average molecular weight is 467 g/mol. The minimum atomic E-state index is -1.21. The Morgan fingerprint density at radius 3 is 2.45 bits per heavy atom. The van der Waals surface area contributed by atoms with E-state index in [2.05, 4.69) is 5.32 Å². The summed E-state index contributed by atoms with van der Waals surface area (Å²) in [5.74, 6) is -4.84. The second-order valence-electron chi connectivity index (χ2n) is 6.92. The van der Waals surface area contributed by atoms with Gasteiger partial charge in [0.1, 0.15) is 6.54 Å². The Bertz CT molecular complexity index is 1240. The quantitative estimate of drug-likeness (QED) is 0.524. The Balaban J connectivity index is 2.20. The van der Waals surface area contributed by atoms with Crippen LogP contribution in [0.15, 0.2) is 30.3 Å². The molecule has 0 saturated carbocycles. The van der Waals surface area contributed by atoms with Gasteiger partial charge < -0.3 is 15.5 Å². The van der Waals surface area contributed by atoms with Gasteiger partial charge in [-0.1, -0.05) is 23.2 Å². The van der Waals surface area contributed by atoms with Gasteiger partial charge >= 0.3 is 5.97 Å². The summed E-state index contributed by atoms with van der Waals surface area (Å²) in [6, 6.07) is 6.41. The van der Waals surface area contributed by atoms with Gasteiger partial charge in [0.25, 0.3) is 5.91 Å². The molecular formula is C21H17Cl2FN2O5. The number of phenols is 1. The van der Waals surface area contributed by atoms with Gasteiger partial charge in [0.05, 0.1) is 21.5 Å². The predicted octanol–water partition coefficient (Wildman–Crippen LogP) is 4.09. The third-order valence-electron chi connectivity index (χ3n) is 4.93. The highest BCUT2D eigenvalue weighted by Gasteiger charge is 2.28. The fourth-order valence-electron chi connectivity index (χ4n) is 3.46. The van der Waals surface area contributed by atoms with Crippen molar-refractivity contribution in [2.75, 3.05) is 6.54 Å². The van der Waals surface area contributed by atoms with Crippen molar-refractivity contribution in [3.05, 3.63) is 63.0 Å². The van der Waals surface area contributed by atoms with E-state index < -0.39 is 41.8 Å². The number of rotatable bonds is 5. The molecule has 0 radical (unpaired) electrons. The molecule has 0 saturated heterocycles. The van der Waals surface area contributed by atoms with Crippen LogP contribution in [0.2, 0.25) is 10.0 Å². The molecular weight excluding hydrogens is 450 g/mol. The number of nitrogens with one attached hydrogen (secondary N) is 1. The van der Waals surface area contributed by atoms with Gasteiger partial charge in [-0.2, -0.15) is 0 Å². The number of aromatic hydroxyl groups is 1. The first-order valence-electron chi connectivity index (χ1n) is 9.05. The maximum atomic E-state index is 14.2. The molecule has 7 nitrogen and oxygen atoms in total. The number of aliphatic carboxylic acids is 1. The molecule has 0 unspecified atom stereocenters. The van der Waals surface area contributed by atoms with Gasteiger partial charge in [0.15, 0.2) is 11.6 Å². The number of phenolic OH excluding ortho intramolecular Hbond substituents is 1. The molecule has 0 aliphatic rings. The van der Waals surface area contributed by atoms with E-state index >= 15 is 0 Å². The molecule has 1 heterocycles. The van der Waals surface area contributed by atoms with E-state index in [1.54, 1.807) is 6.92 Å². The van der Waals surface area contributed by atoms with Crippen LogP contribution in [-0.2, 0) is 9.59 Å². The lowest BCUT2D eigenvalue weighted by molar-refractivity contribution is -0.138. The minimum absolute atomic E-state index is 0.136. The maximum Gasteiger partial charge on any atom is 0.322 e. The zero-order valence-corrected chi connectivity index (χ0v) is 17.9. The number of carbonyl (C=O) groups excluding carboxylic acids is 2. The van der Waals surface area contributed by atoms with Gasteiger partial charge in [-0.3, -0.25) is 19.0 Å². The summed E-state index contributed by atoms with van der Waals surface area (Å²) >= 11 is 11.9. The van der Waals surface area contributed by atoms with Gasteiger partial charge in [0, 0.05) is 22.7 Å². The molecule has 0 spiro atoms. The average Bonchev–Trinajstić information content (AvgIpc) is 2.98. The van der Waals surface area contributed by atoms with Crippen molar-refractivity contribution in [3.63, 3.8) is 0 Å². The topological polar surface area (TPSA) is 109 Å². The number of aromatic nitrogens is 1. The smallest absolute Gasteiger partial charge is 0.322 e. The molecule has 1 atom stereocenters. The molecule has 31 heavy (non-hydrogen) atoms. The standard InChI is InChI=1S/C21H17Cl2FN2O5/c1-9(20(30)25-8-18(28)29)19-10(2)26(16-7-15(24)17(27)6-12(16)19)21(31)11-3-4-13(22)14(23)5-11/h3-7,9,27H,8H2,1-2H3,(H,25,30)(H,28,29)/t9-/m1/s1. The predicted molar refractivity (Wildman–Crippen MR) is 114 cm³/mol. The summed E-state index contributed by atoms with van der Waals surface area (Å²) in [4.78, 5) is 36.5. The van der Waals surface area contributed by atoms with Crippen LogP contribution < -0.4 is 5.32 Å². The molecule has 0 aliphatic carbocycles. The molecule has 10 heteroatoms. The van der Waals surface area contributed by atoms with Gasteiger partial charge in [-0.15, -0.1) is 0 Å². The van der Waals surface area contributed by atoms with Crippen molar-refractivity contribution >= 4 is 51.9 Å². The summed E-state index contributed by atoms with van der Waals surface area (Å²) in [6.07, 6.45) is 0. The van der Waals surface area contributed by atoms with Crippen LogP contribution in [0.5, 0.6) is 5.75 Å². The number of fused-ring (bicyclic) bond motifs is 1. The number of carbonyl (C=O) groups is 3. The molecule has 0 fully saturated rings. The lowest BCUT2D eigenvalue weighted by atomic mass is 9.97. The van der Waals surface area contributed by atoms with Crippen molar-refractivity contribution < 1.29 is 29.0 Å². The molecule has 1 aromatic heterocycles. The summed E-state index contributed by atoms with van der Waals surface area (Å²) in [7, 11) is 0. The number of hydrogen-bond acceptors (Lipinski definition) is 4. The number of benzene rings is 2. The van der Waals surface area contributed by atoms with Crippen LogP contribution in [0.1, 0.15) is 34.5 Å². The van der Waals surface area contributed by atoms with Crippen molar-refractivity contribution in [1.29, 1.82) is 0 Å². The minimum Gasteiger partial charge on any atom is -0.505 e. The molecule has 3 aromatic rings. The number of hydrogen-bond donors (Lipinski definition) is 3. The van der Waals surface area contributed by atoms with Crippen molar-refractivity contribution in [3.8, 4) is 5.75 Å².